The fraction of sp³-hybridized carbons (Fsp3) is 0.407. The van der Waals surface area contributed by atoms with Crippen molar-refractivity contribution in [2.24, 2.45) is 10.2 Å². The number of benzene rings is 2. The summed E-state index contributed by atoms with van der Waals surface area (Å²) in [6.07, 6.45) is 2.33. The highest BCUT2D eigenvalue weighted by atomic mass is 16.4. The lowest BCUT2D eigenvalue weighted by molar-refractivity contribution is -0.145. The van der Waals surface area contributed by atoms with E-state index in [-0.39, 0.29) is 23.3 Å². The molecule has 4 rings (SSSR count). The molecule has 0 spiro atoms. The molecule has 35 heavy (non-hydrogen) atoms. The van der Waals surface area contributed by atoms with E-state index in [2.05, 4.69) is 36.1 Å². The van der Waals surface area contributed by atoms with Crippen molar-refractivity contribution in [3.05, 3.63) is 75.7 Å². The van der Waals surface area contributed by atoms with E-state index in [1.165, 1.54) is 4.68 Å². The van der Waals surface area contributed by atoms with Gasteiger partial charge in [-0.15, -0.1) is 5.11 Å². The minimum absolute atomic E-state index is 0.0105. The Bertz CT molecular complexity index is 1310. The SMILES string of the molecule is Cc1[nH]n(-c2ccc(C(C)(C)C)cc2)c(=O)c1N=NC1(C(=O)O)CCCCC1c1ccccc1O. The summed E-state index contributed by atoms with van der Waals surface area (Å²) in [5.74, 6) is -1.62. The number of hydrogen-bond acceptors (Lipinski definition) is 5. The Morgan fingerprint density at radius 3 is 2.43 bits per heavy atom. The number of aliphatic carboxylic acids is 1. The molecule has 8 heteroatoms. The van der Waals surface area contributed by atoms with Crippen LogP contribution in [-0.4, -0.2) is 31.5 Å². The second-order valence-corrected chi connectivity index (χ2v) is 10.3. The van der Waals surface area contributed by atoms with Gasteiger partial charge >= 0.3 is 5.97 Å². The number of phenolic OH excluding ortho intramolecular Hbond substituents is 1. The molecular weight excluding hydrogens is 444 g/mol. The van der Waals surface area contributed by atoms with Gasteiger partial charge < -0.3 is 10.2 Å². The third kappa shape index (κ3) is 4.52. The van der Waals surface area contributed by atoms with Crippen molar-refractivity contribution >= 4 is 11.7 Å². The van der Waals surface area contributed by atoms with E-state index in [0.29, 0.717) is 29.8 Å². The van der Waals surface area contributed by atoms with Crippen LogP contribution in [0.5, 0.6) is 5.75 Å². The molecule has 8 nitrogen and oxygen atoms in total. The lowest BCUT2D eigenvalue weighted by Gasteiger charge is -2.37. The van der Waals surface area contributed by atoms with Gasteiger partial charge in [-0.25, -0.2) is 9.48 Å². The van der Waals surface area contributed by atoms with Crippen molar-refractivity contribution in [1.82, 2.24) is 9.78 Å². The lowest BCUT2D eigenvalue weighted by Crippen LogP contribution is -2.44. The highest BCUT2D eigenvalue weighted by Crippen LogP contribution is 2.46. The van der Waals surface area contributed by atoms with Crippen LogP contribution < -0.4 is 5.56 Å². The highest BCUT2D eigenvalue weighted by molar-refractivity contribution is 5.81. The van der Waals surface area contributed by atoms with Gasteiger partial charge in [0.05, 0.1) is 11.4 Å². The average Bonchev–Trinajstić information content (AvgIpc) is 3.11. The van der Waals surface area contributed by atoms with Crippen LogP contribution in [-0.2, 0) is 10.2 Å². The van der Waals surface area contributed by atoms with E-state index in [4.69, 9.17) is 0 Å². The van der Waals surface area contributed by atoms with Gasteiger partial charge in [0.1, 0.15) is 5.75 Å². The molecular formula is C27H32N4O4. The van der Waals surface area contributed by atoms with Crippen LogP contribution in [0.3, 0.4) is 0 Å². The summed E-state index contributed by atoms with van der Waals surface area (Å²) in [4.78, 5) is 25.8. The van der Waals surface area contributed by atoms with Crippen LogP contribution in [0.1, 0.15) is 69.2 Å². The van der Waals surface area contributed by atoms with E-state index in [1.807, 2.05) is 24.3 Å². The number of aryl methyl sites for hydroxylation is 1. The van der Waals surface area contributed by atoms with Crippen LogP contribution in [0, 0.1) is 6.92 Å². The Morgan fingerprint density at radius 2 is 1.80 bits per heavy atom. The van der Waals surface area contributed by atoms with E-state index in [1.54, 1.807) is 31.2 Å². The largest absolute Gasteiger partial charge is 0.508 e. The minimum atomic E-state index is -1.56. The number of aromatic hydroxyl groups is 1. The molecule has 2 unspecified atom stereocenters. The third-order valence-electron chi connectivity index (χ3n) is 6.92. The first-order chi connectivity index (χ1) is 16.5. The van der Waals surface area contributed by atoms with E-state index in [9.17, 15) is 19.8 Å². The molecule has 2 aromatic carbocycles. The Balaban J connectivity index is 1.74. The summed E-state index contributed by atoms with van der Waals surface area (Å²) in [5.41, 5.74) is 0.941. The van der Waals surface area contributed by atoms with Crippen molar-refractivity contribution in [3.63, 3.8) is 0 Å². The number of phenols is 1. The molecule has 184 valence electrons. The van der Waals surface area contributed by atoms with Crippen molar-refractivity contribution < 1.29 is 15.0 Å². The molecule has 1 saturated carbocycles. The predicted molar refractivity (Wildman–Crippen MR) is 134 cm³/mol. The second-order valence-electron chi connectivity index (χ2n) is 10.3. The Kier molecular flexibility index (Phi) is 6.40. The van der Waals surface area contributed by atoms with E-state index in [0.717, 1.165) is 12.0 Å². The molecule has 1 heterocycles. The van der Waals surface area contributed by atoms with E-state index < -0.39 is 23.0 Å². The Morgan fingerprint density at radius 1 is 1.11 bits per heavy atom. The van der Waals surface area contributed by atoms with Gasteiger partial charge in [-0.2, -0.15) is 5.11 Å². The van der Waals surface area contributed by atoms with Crippen LogP contribution in [0.25, 0.3) is 5.69 Å². The number of nitrogens with one attached hydrogen (secondary N) is 1. The first-order valence-corrected chi connectivity index (χ1v) is 11.9. The zero-order valence-corrected chi connectivity index (χ0v) is 20.6. The maximum Gasteiger partial charge on any atom is 0.334 e. The molecule has 1 aliphatic rings. The zero-order chi connectivity index (χ0) is 25.4. The van der Waals surface area contributed by atoms with Gasteiger partial charge in [-0.3, -0.25) is 9.89 Å². The number of carboxylic acids is 1. The summed E-state index contributed by atoms with van der Waals surface area (Å²) in [5, 5.41) is 32.3. The molecule has 0 amide bonds. The van der Waals surface area contributed by atoms with Gasteiger partial charge in [0.15, 0.2) is 11.2 Å². The van der Waals surface area contributed by atoms with Crippen molar-refractivity contribution in [1.29, 1.82) is 0 Å². The predicted octanol–water partition coefficient (Wildman–Crippen LogP) is 5.74. The monoisotopic (exact) mass is 476 g/mol. The number of aromatic amines is 1. The normalized spacial score (nSPS) is 20.9. The van der Waals surface area contributed by atoms with Crippen molar-refractivity contribution in [3.8, 4) is 11.4 Å². The zero-order valence-electron chi connectivity index (χ0n) is 20.6. The number of carbonyl (C=O) groups is 1. The van der Waals surface area contributed by atoms with E-state index >= 15 is 0 Å². The summed E-state index contributed by atoms with van der Waals surface area (Å²) >= 11 is 0. The molecule has 1 fully saturated rings. The maximum absolute atomic E-state index is 13.2. The number of para-hydroxylation sites is 1. The molecule has 2 atom stereocenters. The first-order valence-electron chi connectivity index (χ1n) is 11.9. The molecule has 0 radical (unpaired) electrons. The molecule has 1 aromatic heterocycles. The number of rotatable bonds is 5. The summed E-state index contributed by atoms with van der Waals surface area (Å²) in [6.45, 7) is 8.08. The summed E-state index contributed by atoms with van der Waals surface area (Å²) < 4.78 is 1.39. The number of azo groups is 1. The van der Waals surface area contributed by atoms with Gasteiger partial charge in [-0.05, 0) is 48.9 Å². The average molecular weight is 477 g/mol. The van der Waals surface area contributed by atoms with Crippen LogP contribution in [0.15, 0.2) is 63.6 Å². The summed E-state index contributed by atoms with van der Waals surface area (Å²) in [7, 11) is 0. The molecule has 3 aromatic rings. The number of nitrogens with zero attached hydrogens (tertiary/aromatic N) is 3. The quantitative estimate of drug-likeness (QED) is 0.407. The molecule has 0 aliphatic heterocycles. The van der Waals surface area contributed by atoms with Gasteiger partial charge in [-0.1, -0.05) is 63.9 Å². The fourth-order valence-corrected chi connectivity index (χ4v) is 4.86. The minimum Gasteiger partial charge on any atom is -0.508 e. The van der Waals surface area contributed by atoms with Gasteiger partial charge in [0.2, 0.25) is 0 Å². The second kappa shape index (κ2) is 9.17. The smallest absolute Gasteiger partial charge is 0.334 e. The van der Waals surface area contributed by atoms with Crippen LogP contribution >= 0.6 is 0 Å². The fourth-order valence-electron chi connectivity index (χ4n) is 4.86. The summed E-state index contributed by atoms with van der Waals surface area (Å²) in [6, 6.07) is 14.5. The Hall–Kier alpha value is -3.68. The number of aromatic nitrogens is 2. The molecule has 1 aliphatic carbocycles. The van der Waals surface area contributed by atoms with Crippen LogP contribution in [0.4, 0.5) is 5.69 Å². The van der Waals surface area contributed by atoms with Crippen molar-refractivity contribution in [2.75, 3.05) is 0 Å². The van der Waals surface area contributed by atoms with Crippen molar-refractivity contribution in [2.45, 2.75) is 70.3 Å². The standard InChI is InChI=1S/C27H32N4O4/c1-17-23(24(33)31(29-17)19-14-12-18(13-15-19)26(2,3)4)28-30-27(25(34)35)16-8-7-10-21(27)20-9-5-6-11-22(20)32/h5-6,9,11-15,21,29,32H,7-8,10,16H2,1-4H3,(H,34,35). The Labute approximate surface area is 204 Å². The number of carboxylic acid groups (broad SMARTS) is 1. The first kappa shape index (κ1) is 24.4. The number of H-pyrrole nitrogens is 1. The third-order valence-corrected chi connectivity index (χ3v) is 6.92. The van der Waals surface area contributed by atoms with Gasteiger partial charge in [0.25, 0.3) is 5.56 Å². The molecule has 0 bridgehead atoms. The number of hydrogen-bond donors (Lipinski definition) is 3. The van der Waals surface area contributed by atoms with Gasteiger partial charge in [0, 0.05) is 11.5 Å². The topological polar surface area (TPSA) is 120 Å². The molecule has 3 N–H and O–H groups in total. The molecule has 0 saturated heterocycles. The maximum atomic E-state index is 13.2. The highest BCUT2D eigenvalue weighted by Gasteiger charge is 2.49. The lowest BCUT2D eigenvalue weighted by atomic mass is 9.70. The van der Waals surface area contributed by atoms with Crippen LogP contribution in [0.2, 0.25) is 0 Å².